The number of pyridine rings is 2. The van der Waals surface area contributed by atoms with E-state index in [0.29, 0.717) is 23.4 Å². The summed E-state index contributed by atoms with van der Waals surface area (Å²) in [7, 11) is 0. The van der Waals surface area contributed by atoms with Gasteiger partial charge in [0.25, 0.3) is 0 Å². The average Bonchev–Trinajstić information content (AvgIpc) is 3.31. The standard InChI is InChI=1S/C24H27N7/c1-17-15-28-24(29-19-7-2-3-8-19)31-23(17)20(14-25)21-9-4-10-22(30-21)27-13-11-18-6-5-12-26-16-18/h4-6,9-10,12,15-16,19-20H,2-3,7-8,11,13H2,1H3,(H,27,30)(H,28,29,31). The van der Waals surface area contributed by atoms with Crippen LogP contribution in [0.15, 0.2) is 48.9 Å². The van der Waals surface area contributed by atoms with Gasteiger partial charge >= 0.3 is 0 Å². The maximum absolute atomic E-state index is 9.95. The third kappa shape index (κ3) is 5.34. The molecular formula is C24H27N7. The monoisotopic (exact) mass is 413 g/mol. The smallest absolute Gasteiger partial charge is 0.223 e. The van der Waals surface area contributed by atoms with E-state index in [-0.39, 0.29) is 0 Å². The van der Waals surface area contributed by atoms with Crippen molar-refractivity contribution in [1.82, 2.24) is 19.9 Å². The van der Waals surface area contributed by atoms with Crippen LogP contribution < -0.4 is 10.6 Å². The quantitative estimate of drug-likeness (QED) is 0.570. The van der Waals surface area contributed by atoms with Gasteiger partial charge in [0.05, 0.1) is 17.5 Å². The average molecular weight is 414 g/mol. The third-order valence-electron chi connectivity index (χ3n) is 5.61. The van der Waals surface area contributed by atoms with Gasteiger partial charge in [-0.15, -0.1) is 0 Å². The number of nitriles is 1. The summed E-state index contributed by atoms with van der Waals surface area (Å²) in [5.41, 5.74) is 3.45. The molecule has 3 aromatic heterocycles. The molecule has 7 nitrogen and oxygen atoms in total. The van der Waals surface area contributed by atoms with Crippen molar-refractivity contribution in [2.24, 2.45) is 0 Å². The summed E-state index contributed by atoms with van der Waals surface area (Å²) >= 11 is 0. The van der Waals surface area contributed by atoms with Crippen LogP contribution in [-0.4, -0.2) is 32.5 Å². The van der Waals surface area contributed by atoms with Crippen LogP contribution >= 0.6 is 0 Å². The normalized spacial score (nSPS) is 14.7. The van der Waals surface area contributed by atoms with Gasteiger partial charge in [0.15, 0.2) is 0 Å². The minimum Gasteiger partial charge on any atom is -0.370 e. The van der Waals surface area contributed by atoms with E-state index >= 15 is 0 Å². The molecule has 1 saturated carbocycles. The van der Waals surface area contributed by atoms with Crippen LogP contribution in [0.25, 0.3) is 0 Å². The Morgan fingerprint density at radius 2 is 2.00 bits per heavy atom. The molecule has 0 amide bonds. The van der Waals surface area contributed by atoms with Crippen molar-refractivity contribution in [3.05, 3.63) is 71.4 Å². The zero-order valence-corrected chi connectivity index (χ0v) is 17.8. The Kier molecular flexibility index (Phi) is 6.68. The summed E-state index contributed by atoms with van der Waals surface area (Å²) in [6, 6.07) is 12.5. The summed E-state index contributed by atoms with van der Waals surface area (Å²) in [6.45, 7) is 2.68. The number of nitrogens with zero attached hydrogens (tertiary/aromatic N) is 5. The van der Waals surface area contributed by atoms with E-state index in [4.69, 9.17) is 9.97 Å². The van der Waals surface area contributed by atoms with Crippen LogP contribution in [-0.2, 0) is 6.42 Å². The lowest BCUT2D eigenvalue weighted by Gasteiger charge is -2.16. The highest BCUT2D eigenvalue weighted by Crippen LogP contribution is 2.26. The van der Waals surface area contributed by atoms with Crippen molar-refractivity contribution >= 4 is 11.8 Å². The molecule has 0 radical (unpaired) electrons. The van der Waals surface area contributed by atoms with Crippen molar-refractivity contribution in [2.45, 2.75) is 51.0 Å². The number of hydrogen-bond acceptors (Lipinski definition) is 7. The van der Waals surface area contributed by atoms with Gasteiger partial charge in [0, 0.05) is 31.2 Å². The Labute approximate surface area is 183 Å². The lowest BCUT2D eigenvalue weighted by Crippen LogP contribution is -2.18. The number of aryl methyl sites for hydroxylation is 1. The molecule has 7 heteroatoms. The van der Waals surface area contributed by atoms with Gasteiger partial charge in [0.1, 0.15) is 11.7 Å². The van der Waals surface area contributed by atoms with Crippen LogP contribution in [0, 0.1) is 18.3 Å². The predicted molar refractivity (Wildman–Crippen MR) is 121 cm³/mol. The molecule has 0 saturated heterocycles. The Balaban J connectivity index is 1.48. The molecule has 2 N–H and O–H groups in total. The fourth-order valence-corrected chi connectivity index (χ4v) is 3.93. The molecule has 3 aromatic rings. The first kappa shape index (κ1) is 20.7. The molecule has 0 bridgehead atoms. The van der Waals surface area contributed by atoms with Crippen molar-refractivity contribution in [3.8, 4) is 6.07 Å². The Morgan fingerprint density at radius 3 is 2.77 bits per heavy atom. The van der Waals surface area contributed by atoms with Crippen LogP contribution in [0.2, 0.25) is 0 Å². The summed E-state index contributed by atoms with van der Waals surface area (Å²) < 4.78 is 0. The molecule has 1 unspecified atom stereocenters. The van der Waals surface area contributed by atoms with Crippen LogP contribution in [0.1, 0.15) is 54.1 Å². The van der Waals surface area contributed by atoms with Crippen LogP contribution in [0.3, 0.4) is 0 Å². The Morgan fingerprint density at radius 1 is 1.13 bits per heavy atom. The summed E-state index contributed by atoms with van der Waals surface area (Å²) in [5.74, 6) is 0.795. The van der Waals surface area contributed by atoms with Gasteiger partial charge in [-0.25, -0.2) is 15.0 Å². The fraction of sp³-hybridized carbons (Fsp3) is 0.375. The van der Waals surface area contributed by atoms with Crippen molar-refractivity contribution in [1.29, 1.82) is 5.26 Å². The fourth-order valence-electron chi connectivity index (χ4n) is 3.93. The number of nitrogens with one attached hydrogen (secondary N) is 2. The van der Waals surface area contributed by atoms with E-state index in [1.807, 2.05) is 37.4 Å². The second-order valence-corrected chi connectivity index (χ2v) is 7.94. The topological polar surface area (TPSA) is 99.4 Å². The molecular weight excluding hydrogens is 386 g/mol. The summed E-state index contributed by atoms with van der Waals surface area (Å²) in [6.07, 6.45) is 11.0. The maximum Gasteiger partial charge on any atom is 0.223 e. The van der Waals surface area contributed by atoms with E-state index in [2.05, 4.69) is 32.7 Å². The number of aromatic nitrogens is 4. The zero-order valence-electron chi connectivity index (χ0n) is 17.8. The van der Waals surface area contributed by atoms with Gasteiger partial charge < -0.3 is 10.6 Å². The van der Waals surface area contributed by atoms with Crippen LogP contribution in [0.5, 0.6) is 0 Å². The Hall–Kier alpha value is -3.53. The molecule has 158 valence electrons. The van der Waals surface area contributed by atoms with E-state index < -0.39 is 5.92 Å². The number of anilines is 2. The molecule has 1 fully saturated rings. The first-order valence-electron chi connectivity index (χ1n) is 10.8. The van der Waals surface area contributed by atoms with E-state index in [1.165, 1.54) is 18.4 Å². The molecule has 31 heavy (non-hydrogen) atoms. The third-order valence-corrected chi connectivity index (χ3v) is 5.61. The van der Waals surface area contributed by atoms with E-state index in [0.717, 1.165) is 37.2 Å². The molecule has 0 spiro atoms. The van der Waals surface area contributed by atoms with E-state index in [1.54, 1.807) is 12.4 Å². The zero-order chi connectivity index (χ0) is 21.5. The number of hydrogen-bond donors (Lipinski definition) is 2. The Bertz CT molecular complexity index is 1040. The highest BCUT2D eigenvalue weighted by molar-refractivity contribution is 5.43. The second kappa shape index (κ2) is 9.98. The van der Waals surface area contributed by atoms with Gasteiger partial charge in [-0.1, -0.05) is 25.0 Å². The molecule has 0 aromatic carbocycles. The predicted octanol–water partition coefficient (Wildman–Crippen LogP) is 4.24. The molecule has 1 aliphatic carbocycles. The first-order valence-corrected chi connectivity index (χ1v) is 10.8. The minimum atomic E-state index is -0.549. The largest absolute Gasteiger partial charge is 0.370 e. The SMILES string of the molecule is Cc1cnc(NC2CCCC2)nc1C(C#N)c1cccc(NCCc2cccnc2)n1. The van der Waals surface area contributed by atoms with Gasteiger partial charge in [-0.05, 0) is 55.5 Å². The summed E-state index contributed by atoms with van der Waals surface area (Å²) in [5, 5.41) is 16.7. The van der Waals surface area contributed by atoms with E-state index in [9.17, 15) is 5.26 Å². The first-order chi connectivity index (χ1) is 15.2. The van der Waals surface area contributed by atoms with Gasteiger partial charge in [-0.2, -0.15) is 5.26 Å². The lowest BCUT2D eigenvalue weighted by molar-refractivity contribution is 0.739. The highest BCUT2D eigenvalue weighted by Gasteiger charge is 2.22. The minimum absolute atomic E-state index is 0.418. The molecule has 3 heterocycles. The van der Waals surface area contributed by atoms with Crippen molar-refractivity contribution in [2.75, 3.05) is 17.2 Å². The molecule has 4 rings (SSSR count). The van der Waals surface area contributed by atoms with Crippen LogP contribution in [0.4, 0.5) is 11.8 Å². The molecule has 1 atom stereocenters. The summed E-state index contributed by atoms with van der Waals surface area (Å²) in [4.78, 5) is 18.0. The molecule has 0 aliphatic heterocycles. The van der Waals surface area contributed by atoms with Crippen molar-refractivity contribution in [3.63, 3.8) is 0 Å². The maximum atomic E-state index is 9.95. The van der Waals surface area contributed by atoms with Gasteiger partial charge in [-0.3, -0.25) is 4.98 Å². The second-order valence-electron chi connectivity index (χ2n) is 7.94. The highest BCUT2D eigenvalue weighted by atomic mass is 15.1. The van der Waals surface area contributed by atoms with Crippen molar-refractivity contribution < 1.29 is 0 Å². The molecule has 1 aliphatic rings. The van der Waals surface area contributed by atoms with Gasteiger partial charge in [0.2, 0.25) is 5.95 Å². The number of rotatable bonds is 8. The lowest BCUT2D eigenvalue weighted by atomic mass is 9.99.